The fourth-order valence-corrected chi connectivity index (χ4v) is 5.99. The molecule has 1 aromatic carbocycles. The molecule has 3 nitrogen and oxygen atoms in total. The van der Waals surface area contributed by atoms with Crippen LogP contribution < -0.4 is 0 Å². The van der Waals surface area contributed by atoms with Crippen molar-refractivity contribution in [1.82, 2.24) is 9.80 Å². The smallest absolute Gasteiger partial charge is 0.229 e. The molecule has 0 aromatic heterocycles. The second-order valence-corrected chi connectivity index (χ2v) is 10.0. The molecule has 3 fully saturated rings. The molecule has 1 amide bonds. The molecule has 1 aliphatic carbocycles. The predicted octanol–water partition coefficient (Wildman–Crippen LogP) is 4.90. The monoisotopic (exact) mass is 382 g/mol. The lowest BCUT2D eigenvalue weighted by atomic mass is 9.75. The zero-order valence-corrected chi connectivity index (χ0v) is 17.9. The van der Waals surface area contributed by atoms with E-state index in [4.69, 9.17) is 0 Å². The Morgan fingerprint density at radius 1 is 1.04 bits per heavy atom. The third kappa shape index (κ3) is 4.15. The Morgan fingerprint density at radius 2 is 1.71 bits per heavy atom. The van der Waals surface area contributed by atoms with Crippen molar-refractivity contribution in [2.75, 3.05) is 19.6 Å². The average Bonchev–Trinajstić information content (AvgIpc) is 2.95. The van der Waals surface area contributed by atoms with E-state index in [0.29, 0.717) is 17.9 Å². The van der Waals surface area contributed by atoms with Gasteiger partial charge in [0.05, 0.1) is 5.41 Å². The summed E-state index contributed by atoms with van der Waals surface area (Å²) in [7, 11) is 0. The van der Waals surface area contributed by atoms with E-state index in [2.05, 4.69) is 54.0 Å². The molecule has 1 spiro atoms. The summed E-state index contributed by atoms with van der Waals surface area (Å²) in [4.78, 5) is 18.6. The van der Waals surface area contributed by atoms with Crippen LogP contribution in [0.25, 0.3) is 0 Å². The van der Waals surface area contributed by atoms with E-state index >= 15 is 0 Å². The van der Waals surface area contributed by atoms with E-state index in [1.54, 1.807) is 0 Å². The third-order valence-electron chi connectivity index (χ3n) is 7.50. The fraction of sp³-hybridized carbons (Fsp3) is 0.720. The van der Waals surface area contributed by atoms with Crippen molar-refractivity contribution in [1.29, 1.82) is 0 Å². The Balaban J connectivity index is 1.46. The van der Waals surface area contributed by atoms with Crippen LogP contribution >= 0.6 is 0 Å². The standard InChI is InChI=1S/C25H38N2O/c1-20(2)19-27-23(17-21-9-5-3-6-10-21)18-25(24(27)28)13-15-26(16-14-25)22-11-7-4-8-12-22/h3,5-6,9-10,20,22-23H,4,7-8,11-19H2,1-2H3. The molecular formula is C25H38N2O. The molecule has 1 aromatic rings. The molecule has 154 valence electrons. The first kappa shape index (κ1) is 19.9. The normalized spacial score (nSPS) is 26.5. The summed E-state index contributed by atoms with van der Waals surface area (Å²) >= 11 is 0. The Labute approximate surface area is 171 Å². The third-order valence-corrected chi connectivity index (χ3v) is 7.50. The lowest BCUT2D eigenvalue weighted by molar-refractivity contribution is -0.139. The number of rotatable bonds is 5. The molecule has 0 radical (unpaired) electrons. The van der Waals surface area contributed by atoms with Crippen LogP contribution in [0.4, 0.5) is 0 Å². The lowest BCUT2D eigenvalue weighted by Crippen LogP contribution is -2.48. The van der Waals surface area contributed by atoms with Gasteiger partial charge in [0.15, 0.2) is 0 Å². The van der Waals surface area contributed by atoms with Crippen molar-refractivity contribution >= 4 is 5.91 Å². The fourth-order valence-electron chi connectivity index (χ4n) is 5.99. The Bertz CT molecular complexity index is 642. The minimum Gasteiger partial charge on any atom is -0.339 e. The van der Waals surface area contributed by atoms with Crippen LogP contribution in [0.15, 0.2) is 30.3 Å². The number of hydrogen-bond donors (Lipinski definition) is 0. The maximum Gasteiger partial charge on any atom is 0.229 e. The van der Waals surface area contributed by atoms with Gasteiger partial charge >= 0.3 is 0 Å². The summed E-state index contributed by atoms with van der Waals surface area (Å²) in [5.41, 5.74) is 1.28. The molecule has 28 heavy (non-hydrogen) atoms. The van der Waals surface area contributed by atoms with Gasteiger partial charge in [0.1, 0.15) is 0 Å². The predicted molar refractivity (Wildman–Crippen MR) is 115 cm³/mol. The maximum absolute atomic E-state index is 13.6. The SMILES string of the molecule is CC(C)CN1C(=O)C2(CCN(C3CCCCC3)CC2)CC1Cc1ccccc1. The molecule has 4 rings (SSSR count). The Kier molecular flexibility index (Phi) is 6.10. The van der Waals surface area contributed by atoms with Crippen LogP contribution in [0.3, 0.4) is 0 Å². The van der Waals surface area contributed by atoms with Crippen LogP contribution in [-0.4, -0.2) is 47.4 Å². The molecule has 2 saturated heterocycles. The number of likely N-dealkylation sites (tertiary alicyclic amines) is 2. The van der Waals surface area contributed by atoms with Gasteiger partial charge in [0, 0.05) is 18.6 Å². The minimum absolute atomic E-state index is 0.0838. The van der Waals surface area contributed by atoms with E-state index in [1.807, 2.05) is 0 Å². The molecule has 1 unspecified atom stereocenters. The van der Waals surface area contributed by atoms with E-state index in [0.717, 1.165) is 51.4 Å². The number of piperidine rings is 1. The highest BCUT2D eigenvalue weighted by Crippen LogP contribution is 2.46. The Morgan fingerprint density at radius 3 is 2.36 bits per heavy atom. The molecule has 3 heteroatoms. The molecule has 0 bridgehead atoms. The van der Waals surface area contributed by atoms with Crippen molar-refractivity contribution in [3.63, 3.8) is 0 Å². The first-order valence-corrected chi connectivity index (χ1v) is 11.7. The molecule has 0 N–H and O–H groups in total. The summed E-state index contributed by atoms with van der Waals surface area (Å²) < 4.78 is 0. The molecule has 1 atom stereocenters. The second kappa shape index (κ2) is 8.57. The highest BCUT2D eigenvalue weighted by Gasteiger charge is 2.52. The number of benzene rings is 1. The van der Waals surface area contributed by atoms with Crippen LogP contribution in [0.1, 0.15) is 70.8 Å². The highest BCUT2D eigenvalue weighted by atomic mass is 16.2. The van der Waals surface area contributed by atoms with Crippen molar-refractivity contribution in [2.45, 2.75) is 83.7 Å². The van der Waals surface area contributed by atoms with Crippen LogP contribution in [0, 0.1) is 11.3 Å². The summed E-state index contributed by atoms with van der Waals surface area (Å²) in [5, 5.41) is 0. The quantitative estimate of drug-likeness (QED) is 0.723. The maximum atomic E-state index is 13.6. The van der Waals surface area contributed by atoms with Crippen molar-refractivity contribution < 1.29 is 4.79 Å². The number of hydrogen-bond acceptors (Lipinski definition) is 2. The summed E-state index contributed by atoms with van der Waals surface area (Å²) in [6, 6.07) is 11.9. The number of nitrogens with zero attached hydrogens (tertiary/aromatic N) is 2. The molecule has 2 aliphatic heterocycles. The molecular weight excluding hydrogens is 344 g/mol. The van der Waals surface area contributed by atoms with Gasteiger partial charge in [-0.25, -0.2) is 0 Å². The van der Waals surface area contributed by atoms with Crippen LogP contribution in [0.5, 0.6) is 0 Å². The average molecular weight is 383 g/mol. The molecule has 1 saturated carbocycles. The van der Waals surface area contributed by atoms with Crippen LogP contribution in [-0.2, 0) is 11.2 Å². The number of amides is 1. The van der Waals surface area contributed by atoms with Gasteiger partial charge in [-0.15, -0.1) is 0 Å². The first-order valence-electron chi connectivity index (χ1n) is 11.7. The first-order chi connectivity index (χ1) is 13.6. The zero-order valence-electron chi connectivity index (χ0n) is 17.9. The summed E-state index contributed by atoms with van der Waals surface area (Å²) in [5.74, 6) is 0.991. The molecule has 3 aliphatic rings. The van der Waals surface area contributed by atoms with Gasteiger partial charge in [0.25, 0.3) is 0 Å². The van der Waals surface area contributed by atoms with Crippen molar-refractivity contribution in [2.24, 2.45) is 11.3 Å². The lowest BCUT2D eigenvalue weighted by Gasteiger charge is -2.42. The van der Waals surface area contributed by atoms with Gasteiger partial charge in [-0.2, -0.15) is 0 Å². The van der Waals surface area contributed by atoms with Crippen molar-refractivity contribution in [3.05, 3.63) is 35.9 Å². The van der Waals surface area contributed by atoms with Gasteiger partial charge in [0.2, 0.25) is 5.91 Å². The van der Waals surface area contributed by atoms with Gasteiger partial charge < -0.3 is 9.80 Å². The van der Waals surface area contributed by atoms with E-state index in [-0.39, 0.29) is 5.41 Å². The summed E-state index contributed by atoms with van der Waals surface area (Å²) in [6.07, 6.45) is 11.2. The minimum atomic E-state index is -0.0838. The van der Waals surface area contributed by atoms with Crippen molar-refractivity contribution in [3.8, 4) is 0 Å². The number of carbonyl (C=O) groups is 1. The van der Waals surface area contributed by atoms with Gasteiger partial charge in [-0.1, -0.05) is 63.4 Å². The largest absolute Gasteiger partial charge is 0.339 e. The number of carbonyl (C=O) groups excluding carboxylic acids is 1. The van der Waals surface area contributed by atoms with Crippen LogP contribution in [0.2, 0.25) is 0 Å². The van der Waals surface area contributed by atoms with E-state index in [1.165, 1.54) is 37.7 Å². The summed E-state index contributed by atoms with van der Waals surface area (Å²) in [6.45, 7) is 7.64. The van der Waals surface area contributed by atoms with Gasteiger partial charge in [-0.3, -0.25) is 4.79 Å². The topological polar surface area (TPSA) is 23.6 Å². The van der Waals surface area contributed by atoms with E-state index < -0.39 is 0 Å². The molecule has 2 heterocycles. The second-order valence-electron chi connectivity index (χ2n) is 10.0. The zero-order chi connectivity index (χ0) is 19.6. The van der Waals surface area contributed by atoms with Gasteiger partial charge in [-0.05, 0) is 63.1 Å². The highest BCUT2D eigenvalue weighted by molar-refractivity contribution is 5.85. The Hall–Kier alpha value is -1.35. The van der Waals surface area contributed by atoms with E-state index in [9.17, 15) is 4.79 Å².